The van der Waals surface area contributed by atoms with E-state index in [-0.39, 0.29) is 12.8 Å². The lowest BCUT2D eigenvalue weighted by Crippen LogP contribution is -1.93. The zero-order chi connectivity index (χ0) is 10.3. The summed E-state index contributed by atoms with van der Waals surface area (Å²) >= 11 is 0. The van der Waals surface area contributed by atoms with Crippen LogP contribution in [0.1, 0.15) is 33.1 Å². The molecule has 0 aliphatic heterocycles. The number of carbonyl (C=O) groups is 1. The predicted molar refractivity (Wildman–Crippen MR) is 48.8 cm³/mol. The summed E-state index contributed by atoms with van der Waals surface area (Å²) < 4.78 is 0. The Labute approximate surface area is 76.2 Å². The maximum absolute atomic E-state index is 10.5. The van der Waals surface area contributed by atoms with Crippen LogP contribution in [0.15, 0.2) is 21.6 Å². The molecule has 5 nitrogen and oxygen atoms in total. The van der Waals surface area contributed by atoms with E-state index in [1.807, 2.05) is 6.92 Å². The maximum Gasteiger partial charge on any atom is 0.286 e. The topological polar surface area (TPSA) is 75.9 Å². The molecule has 72 valence electrons. The van der Waals surface area contributed by atoms with Gasteiger partial charge in [-0.3, -0.25) is 4.79 Å². The molecule has 0 fully saturated rings. The smallest absolute Gasteiger partial charge is 0.269 e. The van der Waals surface area contributed by atoms with Gasteiger partial charge < -0.3 is 0 Å². The zero-order valence-electron chi connectivity index (χ0n) is 7.74. The number of rotatable bonds is 5. The summed E-state index contributed by atoms with van der Waals surface area (Å²) in [5, 5.41) is 5.02. The van der Waals surface area contributed by atoms with Gasteiger partial charge in [0.2, 0.25) is 0 Å². The minimum Gasteiger partial charge on any atom is -0.269 e. The van der Waals surface area contributed by atoms with Gasteiger partial charge in [0.05, 0.1) is 5.70 Å². The van der Waals surface area contributed by atoms with Gasteiger partial charge in [-0.25, -0.2) is 0 Å². The van der Waals surface area contributed by atoms with Gasteiger partial charge in [0.25, 0.3) is 5.91 Å². The third-order valence-electron chi connectivity index (χ3n) is 1.81. The van der Waals surface area contributed by atoms with E-state index >= 15 is 0 Å². The molecule has 0 aromatic heterocycles. The molecule has 0 aliphatic carbocycles. The first-order chi connectivity index (χ1) is 6.15. The zero-order valence-corrected chi connectivity index (χ0v) is 7.74. The Balaban J connectivity index is 4.22. The number of hydrogen-bond acceptors (Lipinski definition) is 4. The van der Waals surface area contributed by atoms with Crippen molar-refractivity contribution in [2.24, 2.45) is 10.4 Å². The molecule has 0 atom stereocenters. The number of nitroso groups, excluding NO2 is 2. The van der Waals surface area contributed by atoms with Crippen LogP contribution in [0.2, 0.25) is 0 Å². The summed E-state index contributed by atoms with van der Waals surface area (Å²) in [4.78, 5) is 30.5. The van der Waals surface area contributed by atoms with Crippen LogP contribution in [0.25, 0.3) is 0 Å². The minimum atomic E-state index is -0.745. The van der Waals surface area contributed by atoms with Gasteiger partial charge >= 0.3 is 0 Å². The number of allylic oxidation sites excluding steroid dienone is 2. The molecule has 0 saturated heterocycles. The summed E-state index contributed by atoms with van der Waals surface area (Å²) in [6.45, 7) is 3.66. The van der Waals surface area contributed by atoms with Gasteiger partial charge in [-0.05, 0) is 24.1 Å². The normalized spacial score (nSPS) is 11.8. The Morgan fingerprint density at radius 1 is 1.15 bits per heavy atom. The van der Waals surface area contributed by atoms with E-state index < -0.39 is 5.91 Å². The van der Waals surface area contributed by atoms with E-state index in [9.17, 15) is 14.6 Å². The van der Waals surface area contributed by atoms with Crippen LogP contribution in [-0.4, -0.2) is 5.91 Å². The second-order valence-corrected chi connectivity index (χ2v) is 2.66. The fraction of sp³-hybridized carbons (Fsp3) is 0.625. The summed E-state index contributed by atoms with van der Waals surface area (Å²) in [6.07, 6.45) is 0.874. The Kier molecular flexibility index (Phi) is 5.50. The Morgan fingerprint density at radius 3 is 2.15 bits per heavy atom. The van der Waals surface area contributed by atoms with Gasteiger partial charge in [-0.15, -0.1) is 9.81 Å². The Bertz CT molecular complexity index is 246. The van der Waals surface area contributed by atoms with E-state index in [0.29, 0.717) is 12.1 Å². The SMILES string of the molecule is CC/C(C)=C(/CCC(=O)N=O)N=O. The number of carbonyl (C=O) groups excluding carboxylic acids is 1. The van der Waals surface area contributed by atoms with Gasteiger partial charge in [-0.2, -0.15) is 0 Å². The molecule has 0 aromatic rings. The predicted octanol–water partition coefficient (Wildman–Crippen LogP) is 2.51. The quantitative estimate of drug-likeness (QED) is 0.616. The molecule has 0 N–H and O–H groups in total. The largest absolute Gasteiger partial charge is 0.286 e. The van der Waals surface area contributed by atoms with Crippen molar-refractivity contribution in [2.45, 2.75) is 33.1 Å². The first-order valence-electron chi connectivity index (χ1n) is 4.03. The van der Waals surface area contributed by atoms with Crippen LogP contribution >= 0.6 is 0 Å². The van der Waals surface area contributed by atoms with E-state index in [4.69, 9.17) is 0 Å². The molecule has 0 saturated carbocycles. The highest BCUT2D eigenvalue weighted by molar-refractivity contribution is 5.76. The molecule has 0 aromatic carbocycles. The average molecular weight is 184 g/mol. The molecule has 0 spiro atoms. The lowest BCUT2D eigenvalue weighted by molar-refractivity contribution is -0.117. The molecular formula is C8H12N2O3. The third kappa shape index (κ3) is 4.25. The Morgan fingerprint density at radius 2 is 1.77 bits per heavy atom. The molecule has 0 unspecified atom stereocenters. The average Bonchev–Trinajstić information content (AvgIpc) is 2.17. The fourth-order valence-electron chi connectivity index (χ4n) is 0.812. The van der Waals surface area contributed by atoms with Crippen LogP contribution in [-0.2, 0) is 4.79 Å². The van der Waals surface area contributed by atoms with E-state index in [0.717, 1.165) is 5.57 Å². The van der Waals surface area contributed by atoms with Crippen molar-refractivity contribution >= 4 is 5.91 Å². The molecule has 0 heterocycles. The van der Waals surface area contributed by atoms with Crippen molar-refractivity contribution < 1.29 is 4.79 Å². The van der Waals surface area contributed by atoms with Gasteiger partial charge in [-0.1, -0.05) is 6.92 Å². The van der Waals surface area contributed by atoms with Crippen LogP contribution in [0.4, 0.5) is 0 Å². The number of nitrogens with zero attached hydrogens (tertiary/aromatic N) is 2. The molecule has 1 amide bonds. The number of hydrogen-bond donors (Lipinski definition) is 0. The second-order valence-electron chi connectivity index (χ2n) is 2.66. The van der Waals surface area contributed by atoms with Crippen molar-refractivity contribution in [3.63, 3.8) is 0 Å². The summed E-state index contributed by atoms with van der Waals surface area (Å²) in [5.41, 5.74) is 1.19. The highest BCUT2D eigenvalue weighted by Gasteiger charge is 2.06. The molecule has 0 rings (SSSR count). The monoisotopic (exact) mass is 184 g/mol. The molecule has 0 radical (unpaired) electrons. The third-order valence-corrected chi connectivity index (χ3v) is 1.81. The van der Waals surface area contributed by atoms with Gasteiger partial charge in [0.1, 0.15) is 0 Å². The van der Waals surface area contributed by atoms with E-state index in [2.05, 4.69) is 10.4 Å². The van der Waals surface area contributed by atoms with Crippen molar-refractivity contribution in [1.29, 1.82) is 0 Å². The van der Waals surface area contributed by atoms with Crippen LogP contribution in [0.3, 0.4) is 0 Å². The van der Waals surface area contributed by atoms with Crippen LogP contribution in [0, 0.1) is 9.81 Å². The molecule has 0 aliphatic rings. The fourth-order valence-corrected chi connectivity index (χ4v) is 0.812. The van der Waals surface area contributed by atoms with Gasteiger partial charge in [0, 0.05) is 18.0 Å². The second kappa shape index (κ2) is 6.16. The lowest BCUT2D eigenvalue weighted by atomic mass is 10.1. The highest BCUT2D eigenvalue weighted by atomic mass is 16.3. The standard InChI is InChI=1S/C8H12N2O3/c1-3-6(2)7(9-12)4-5-8(11)10-13/h3-5H2,1-2H3/b7-6-. The highest BCUT2D eigenvalue weighted by Crippen LogP contribution is 2.15. The molecular weight excluding hydrogens is 172 g/mol. The van der Waals surface area contributed by atoms with E-state index in [1.165, 1.54) is 0 Å². The molecule has 5 heteroatoms. The van der Waals surface area contributed by atoms with Crippen LogP contribution in [0.5, 0.6) is 0 Å². The lowest BCUT2D eigenvalue weighted by Gasteiger charge is -1.99. The number of amides is 1. The first kappa shape index (κ1) is 11.6. The van der Waals surface area contributed by atoms with E-state index in [1.54, 1.807) is 6.92 Å². The molecule has 13 heavy (non-hydrogen) atoms. The molecule has 0 bridgehead atoms. The minimum absolute atomic E-state index is 0.0398. The first-order valence-corrected chi connectivity index (χ1v) is 4.03. The van der Waals surface area contributed by atoms with Crippen molar-refractivity contribution in [1.82, 2.24) is 0 Å². The Hall–Kier alpha value is -1.39. The summed E-state index contributed by atoms with van der Waals surface area (Å²) in [6, 6.07) is 0. The van der Waals surface area contributed by atoms with Crippen molar-refractivity contribution in [3.8, 4) is 0 Å². The maximum atomic E-state index is 10.5. The van der Waals surface area contributed by atoms with Crippen molar-refractivity contribution in [3.05, 3.63) is 21.1 Å². The van der Waals surface area contributed by atoms with Gasteiger partial charge in [0.15, 0.2) is 0 Å². The van der Waals surface area contributed by atoms with Crippen LogP contribution < -0.4 is 0 Å². The summed E-state index contributed by atoms with van der Waals surface area (Å²) in [5.74, 6) is -0.745. The summed E-state index contributed by atoms with van der Waals surface area (Å²) in [7, 11) is 0. The van der Waals surface area contributed by atoms with Crippen molar-refractivity contribution in [2.75, 3.05) is 0 Å².